The smallest absolute Gasteiger partial charge is 0.0893 e. The fourth-order valence-electron chi connectivity index (χ4n) is 0.0546. The predicted molar refractivity (Wildman–Crippen MR) is 59.6 cm³/mol. The van der Waals surface area contributed by atoms with Crippen molar-refractivity contribution in [3.8, 4) is 0 Å². The molecule has 0 fully saturated rings. The van der Waals surface area contributed by atoms with Gasteiger partial charge in [-0.05, 0) is 13.8 Å². The van der Waals surface area contributed by atoms with Crippen LogP contribution in [0.4, 0.5) is 0 Å². The summed E-state index contributed by atoms with van der Waals surface area (Å²) in [6.45, 7) is 14.0. The molecule has 1 atom stereocenters. The van der Waals surface area contributed by atoms with Gasteiger partial charge in [-0.2, -0.15) is 0 Å². The maximum absolute atomic E-state index is 8.97. The molecule has 0 aromatic carbocycles. The molecule has 0 rings (SSSR count). The molecule has 2 heteroatoms. The molecule has 0 bridgehead atoms. The molecule has 0 amide bonds. The van der Waals surface area contributed by atoms with E-state index < -0.39 is 5.60 Å². The Morgan fingerprint density at radius 1 is 1.58 bits per heavy atom. The minimum atomic E-state index is -0.736. The average molecular weight is 233 g/mol. The van der Waals surface area contributed by atoms with Crippen molar-refractivity contribution in [3.63, 3.8) is 0 Å². The summed E-state index contributed by atoms with van der Waals surface area (Å²) >= 11 is 3.11. The summed E-state index contributed by atoms with van der Waals surface area (Å²) in [4.78, 5) is 0. The van der Waals surface area contributed by atoms with E-state index in [0.29, 0.717) is 5.33 Å². The second kappa shape index (κ2) is 7.32. The molecule has 0 spiro atoms. The minimum absolute atomic E-state index is 0.545. The summed E-state index contributed by atoms with van der Waals surface area (Å²) < 4.78 is 0. The molecule has 0 aliphatic carbocycles. The zero-order valence-electron chi connectivity index (χ0n) is 7.81. The summed E-state index contributed by atoms with van der Waals surface area (Å²) in [6.07, 6.45) is 3.22. The van der Waals surface area contributed by atoms with Gasteiger partial charge >= 0.3 is 0 Å². The summed E-state index contributed by atoms with van der Waals surface area (Å²) in [5.41, 5.74) is 0.282. The van der Waals surface area contributed by atoms with Gasteiger partial charge in [0.25, 0.3) is 0 Å². The van der Waals surface area contributed by atoms with Crippen LogP contribution in [0.5, 0.6) is 0 Å². The highest BCUT2D eigenvalue weighted by atomic mass is 79.9. The maximum Gasteiger partial charge on any atom is 0.0893 e. The number of allylic oxidation sites excluding steroid dienone is 2. The first-order chi connectivity index (χ1) is 5.39. The van der Waals surface area contributed by atoms with E-state index in [-0.39, 0.29) is 0 Å². The second-order valence-corrected chi connectivity index (χ2v) is 3.31. The molecule has 0 aromatic rings. The molecule has 0 saturated heterocycles. The summed E-state index contributed by atoms with van der Waals surface area (Å²) in [5, 5.41) is 9.51. The van der Waals surface area contributed by atoms with Crippen molar-refractivity contribution in [1.29, 1.82) is 0 Å². The van der Waals surface area contributed by atoms with Gasteiger partial charge in [0.2, 0.25) is 0 Å². The Morgan fingerprint density at radius 3 is 1.92 bits per heavy atom. The van der Waals surface area contributed by atoms with Crippen LogP contribution < -0.4 is 0 Å². The molecule has 70 valence electrons. The largest absolute Gasteiger partial charge is 0.385 e. The van der Waals surface area contributed by atoms with Crippen molar-refractivity contribution >= 4 is 15.9 Å². The lowest BCUT2D eigenvalue weighted by Crippen LogP contribution is -2.21. The van der Waals surface area contributed by atoms with Crippen LogP contribution in [-0.2, 0) is 0 Å². The van der Waals surface area contributed by atoms with Crippen LogP contribution >= 0.6 is 15.9 Å². The molecule has 12 heavy (non-hydrogen) atoms. The van der Waals surface area contributed by atoms with E-state index in [2.05, 4.69) is 35.7 Å². The Morgan fingerprint density at radius 2 is 1.92 bits per heavy atom. The minimum Gasteiger partial charge on any atom is -0.385 e. The van der Waals surface area contributed by atoms with Gasteiger partial charge < -0.3 is 5.11 Å². The third kappa shape index (κ3) is 12.3. The average Bonchev–Trinajstić information content (AvgIpc) is 2.05. The first kappa shape index (κ1) is 14.2. The standard InChI is InChI=1S/C5H9BrO.C5H8/c1-3-5(2,7)4-6;1-4-5(2)3/h3,7H,1,4H2,2H3;4H,1-2H2,3H3. The van der Waals surface area contributed by atoms with Crippen molar-refractivity contribution in [2.75, 3.05) is 5.33 Å². The fraction of sp³-hybridized carbons (Fsp3) is 0.400. The number of aliphatic hydroxyl groups is 1. The van der Waals surface area contributed by atoms with Crippen LogP contribution in [0.3, 0.4) is 0 Å². The maximum atomic E-state index is 8.97. The molecule has 0 aliphatic rings. The third-order valence-corrected chi connectivity index (χ3v) is 2.19. The van der Waals surface area contributed by atoms with Crippen LogP contribution in [0.25, 0.3) is 0 Å². The quantitative estimate of drug-likeness (QED) is 0.451. The lowest BCUT2D eigenvalue weighted by atomic mass is 10.1. The van der Waals surface area contributed by atoms with Gasteiger partial charge in [-0.1, -0.05) is 46.8 Å². The SMILES string of the molecule is C=CC(=C)C.C=CC(C)(O)CBr. The molecule has 1 nitrogen and oxygen atoms in total. The summed E-state index contributed by atoms with van der Waals surface area (Å²) in [5.74, 6) is 0. The molecule has 0 aliphatic heterocycles. The number of alkyl halides is 1. The van der Waals surface area contributed by atoms with Crippen LogP contribution in [0.15, 0.2) is 37.5 Å². The predicted octanol–water partition coefficient (Wildman–Crippen LogP) is 3.07. The fourth-order valence-corrected chi connectivity index (χ4v) is 0.283. The Hall–Kier alpha value is -0.340. The van der Waals surface area contributed by atoms with Gasteiger partial charge in [0.1, 0.15) is 0 Å². The van der Waals surface area contributed by atoms with Gasteiger partial charge in [-0.3, -0.25) is 0 Å². The molecule has 0 saturated carbocycles. The van der Waals surface area contributed by atoms with Crippen LogP contribution in [-0.4, -0.2) is 16.0 Å². The van der Waals surface area contributed by atoms with Gasteiger partial charge in [0, 0.05) is 5.33 Å². The monoisotopic (exact) mass is 232 g/mol. The van der Waals surface area contributed by atoms with E-state index in [9.17, 15) is 0 Å². The molecule has 1 unspecified atom stereocenters. The van der Waals surface area contributed by atoms with Crippen molar-refractivity contribution in [2.24, 2.45) is 0 Å². The lowest BCUT2D eigenvalue weighted by Gasteiger charge is -2.12. The van der Waals surface area contributed by atoms with Crippen molar-refractivity contribution in [1.82, 2.24) is 0 Å². The molecule has 0 radical (unpaired) electrons. The number of halogens is 1. The molecule has 1 N–H and O–H groups in total. The highest BCUT2D eigenvalue weighted by Crippen LogP contribution is 2.06. The highest BCUT2D eigenvalue weighted by Gasteiger charge is 2.10. The van der Waals surface area contributed by atoms with Gasteiger partial charge in [0.15, 0.2) is 0 Å². The third-order valence-electron chi connectivity index (χ3n) is 1.06. The van der Waals surface area contributed by atoms with Gasteiger partial charge in [-0.25, -0.2) is 0 Å². The second-order valence-electron chi connectivity index (χ2n) is 2.75. The molecular formula is C10H17BrO. The van der Waals surface area contributed by atoms with Crippen molar-refractivity contribution in [2.45, 2.75) is 19.4 Å². The topological polar surface area (TPSA) is 20.2 Å². The van der Waals surface area contributed by atoms with E-state index >= 15 is 0 Å². The summed E-state index contributed by atoms with van der Waals surface area (Å²) in [7, 11) is 0. The van der Waals surface area contributed by atoms with E-state index in [4.69, 9.17) is 5.11 Å². The van der Waals surface area contributed by atoms with E-state index in [1.54, 1.807) is 13.0 Å². The Bertz CT molecular complexity index is 159. The zero-order chi connectivity index (χ0) is 10.2. The molecular weight excluding hydrogens is 216 g/mol. The van der Waals surface area contributed by atoms with Crippen molar-refractivity contribution < 1.29 is 5.11 Å². The first-order valence-electron chi connectivity index (χ1n) is 3.59. The number of rotatable bonds is 3. The van der Waals surface area contributed by atoms with Crippen LogP contribution in [0.1, 0.15) is 13.8 Å². The summed E-state index contributed by atoms with van der Waals surface area (Å²) in [6, 6.07) is 0. The zero-order valence-corrected chi connectivity index (χ0v) is 9.39. The first-order valence-corrected chi connectivity index (χ1v) is 4.71. The van der Waals surface area contributed by atoms with Gasteiger partial charge in [0.05, 0.1) is 5.60 Å². The van der Waals surface area contributed by atoms with Crippen LogP contribution in [0.2, 0.25) is 0 Å². The lowest BCUT2D eigenvalue weighted by molar-refractivity contribution is 0.140. The molecule has 0 heterocycles. The van der Waals surface area contributed by atoms with E-state index in [0.717, 1.165) is 5.57 Å². The Kier molecular flexibility index (Phi) is 8.66. The normalized spacial score (nSPS) is 13.3. The van der Waals surface area contributed by atoms with Gasteiger partial charge in [-0.15, -0.1) is 6.58 Å². The molecule has 0 aromatic heterocycles. The van der Waals surface area contributed by atoms with Crippen molar-refractivity contribution in [3.05, 3.63) is 37.5 Å². The van der Waals surface area contributed by atoms with E-state index in [1.807, 2.05) is 6.92 Å². The number of hydrogen-bond acceptors (Lipinski definition) is 1. The highest BCUT2D eigenvalue weighted by molar-refractivity contribution is 9.09. The number of hydrogen-bond donors (Lipinski definition) is 1. The Balaban J connectivity index is 0. The Labute approximate surface area is 83.6 Å². The van der Waals surface area contributed by atoms with Crippen LogP contribution in [0, 0.1) is 0 Å². The van der Waals surface area contributed by atoms with E-state index in [1.165, 1.54) is 6.08 Å².